The monoisotopic (exact) mass is 454 g/mol. The Morgan fingerprint density at radius 1 is 1.18 bits per heavy atom. The summed E-state index contributed by atoms with van der Waals surface area (Å²) in [4.78, 5) is 18.5. The quantitative estimate of drug-likeness (QED) is 0.577. The molecule has 0 bridgehead atoms. The zero-order chi connectivity index (χ0) is 23.4. The lowest BCUT2D eigenvalue weighted by Gasteiger charge is -2.33. The van der Waals surface area contributed by atoms with Crippen molar-refractivity contribution in [1.29, 1.82) is 0 Å². The minimum atomic E-state index is -0.503. The summed E-state index contributed by atoms with van der Waals surface area (Å²) in [6, 6.07) is 8.40. The third kappa shape index (κ3) is 5.82. The molecule has 0 saturated carbocycles. The number of tetrazole rings is 1. The number of amides is 1. The van der Waals surface area contributed by atoms with Gasteiger partial charge in [0.25, 0.3) is 0 Å². The van der Waals surface area contributed by atoms with Crippen molar-refractivity contribution in [3.63, 3.8) is 0 Å². The van der Waals surface area contributed by atoms with Gasteiger partial charge in [0.05, 0.1) is 5.69 Å². The Hall–Kier alpha value is -3.56. The summed E-state index contributed by atoms with van der Waals surface area (Å²) in [5.74, 6) is -0.0985. The number of aromatic nitrogens is 5. The maximum atomic E-state index is 14.5. The van der Waals surface area contributed by atoms with Gasteiger partial charge in [0.1, 0.15) is 18.5 Å². The molecule has 10 heteroatoms. The molecule has 0 N–H and O–H groups in total. The van der Waals surface area contributed by atoms with Crippen LogP contribution in [0.2, 0.25) is 0 Å². The number of rotatable bonds is 5. The van der Waals surface area contributed by atoms with Crippen LogP contribution in [-0.2, 0) is 11.3 Å². The smallest absolute Gasteiger partial charge is 0.410 e. The second-order valence-corrected chi connectivity index (χ2v) is 8.99. The average Bonchev–Trinajstić information content (AvgIpc) is 3.32. The molecule has 0 atom stereocenters. The molecule has 1 aliphatic rings. The van der Waals surface area contributed by atoms with Gasteiger partial charge in [-0.1, -0.05) is 0 Å². The van der Waals surface area contributed by atoms with Crippen LogP contribution in [0.3, 0.4) is 0 Å². The molecule has 33 heavy (non-hydrogen) atoms. The predicted octanol–water partition coefficient (Wildman–Crippen LogP) is 3.89. The third-order valence-electron chi connectivity index (χ3n) is 5.33. The van der Waals surface area contributed by atoms with Crippen LogP contribution in [0.25, 0.3) is 5.69 Å². The maximum Gasteiger partial charge on any atom is 0.410 e. The molecule has 1 fully saturated rings. The van der Waals surface area contributed by atoms with E-state index < -0.39 is 11.4 Å². The first-order chi connectivity index (χ1) is 15.8. The minimum Gasteiger partial charge on any atom is -0.486 e. The zero-order valence-electron chi connectivity index (χ0n) is 18.9. The number of piperidine rings is 1. The summed E-state index contributed by atoms with van der Waals surface area (Å²) in [5.41, 5.74) is 1.86. The largest absolute Gasteiger partial charge is 0.486 e. The Morgan fingerprint density at radius 3 is 2.64 bits per heavy atom. The first-order valence-electron chi connectivity index (χ1n) is 10.9. The molecule has 4 rings (SSSR count). The van der Waals surface area contributed by atoms with Gasteiger partial charge in [-0.25, -0.2) is 13.9 Å². The molecule has 0 spiro atoms. The van der Waals surface area contributed by atoms with Crippen LogP contribution < -0.4 is 4.74 Å². The van der Waals surface area contributed by atoms with Crippen molar-refractivity contribution in [3.05, 3.63) is 59.9 Å². The fourth-order valence-corrected chi connectivity index (χ4v) is 3.68. The fraction of sp³-hybridized carbons (Fsp3) is 0.435. The zero-order valence-corrected chi connectivity index (χ0v) is 18.9. The van der Waals surface area contributed by atoms with Gasteiger partial charge < -0.3 is 14.4 Å². The van der Waals surface area contributed by atoms with Gasteiger partial charge in [0.15, 0.2) is 11.6 Å². The molecule has 3 aromatic rings. The van der Waals surface area contributed by atoms with Crippen LogP contribution >= 0.6 is 0 Å². The first kappa shape index (κ1) is 22.6. The van der Waals surface area contributed by atoms with Crippen LogP contribution in [0.4, 0.5) is 9.18 Å². The number of hydrogen-bond acceptors (Lipinski definition) is 7. The van der Waals surface area contributed by atoms with Crippen LogP contribution in [0, 0.1) is 5.82 Å². The molecule has 2 aromatic heterocycles. The van der Waals surface area contributed by atoms with Crippen molar-refractivity contribution in [2.75, 3.05) is 13.1 Å². The van der Waals surface area contributed by atoms with E-state index in [1.165, 1.54) is 17.1 Å². The highest BCUT2D eigenvalue weighted by molar-refractivity contribution is 5.68. The molecule has 0 radical (unpaired) electrons. The van der Waals surface area contributed by atoms with Crippen LogP contribution in [0.15, 0.2) is 42.9 Å². The highest BCUT2D eigenvalue weighted by atomic mass is 19.1. The summed E-state index contributed by atoms with van der Waals surface area (Å²) in [7, 11) is 0. The molecule has 1 aliphatic heterocycles. The van der Waals surface area contributed by atoms with E-state index in [4.69, 9.17) is 9.47 Å². The standard InChI is InChI=1S/C23H27FN6O3/c1-23(2,3)33-22(31)29-10-7-17(8-11-29)20-12-16(6-9-25-20)14-32-21-5-4-18(13-19(21)24)30-15-26-27-28-30/h4-6,9,12-13,15,17H,7-8,10-11,14H2,1-3H3. The molecule has 9 nitrogen and oxygen atoms in total. The topological polar surface area (TPSA) is 95.3 Å². The lowest BCUT2D eigenvalue weighted by molar-refractivity contribution is 0.0204. The van der Waals surface area contributed by atoms with E-state index in [9.17, 15) is 9.18 Å². The van der Waals surface area contributed by atoms with Crippen molar-refractivity contribution >= 4 is 6.09 Å². The van der Waals surface area contributed by atoms with Crippen molar-refractivity contribution < 1.29 is 18.7 Å². The molecular formula is C23H27FN6O3. The molecule has 3 heterocycles. The second kappa shape index (κ2) is 9.51. The van der Waals surface area contributed by atoms with Crippen molar-refractivity contribution in [3.8, 4) is 11.4 Å². The van der Waals surface area contributed by atoms with E-state index in [2.05, 4.69) is 20.5 Å². The predicted molar refractivity (Wildman–Crippen MR) is 117 cm³/mol. The van der Waals surface area contributed by atoms with Gasteiger partial charge in [-0.15, -0.1) is 5.10 Å². The molecule has 1 amide bonds. The van der Waals surface area contributed by atoms with Gasteiger partial charge in [-0.3, -0.25) is 4.98 Å². The van der Waals surface area contributed by atoms with Crippen LogP contribution in [0.5, 0.6) is 5.75 Å². The van der Waals surface area contributed by atoms with Crippen molar-refractivity contribution in [1.82, 2.24) is 30.1 Å². The Bertz CT molecular complexity index is 1090. The minimum absolute atomic E-state index is 0.149. The van der Waals surface area contributed by atoms with E-state index in [1.54, 1.807) is 23.2 Å². The molecule has 0 unspecified atom stereocenters. The van der Waals surface area contributed by atoms with E-state index in [0.717, 1.165) is 24.1 Å². The summed E-state index contributed by atoms with van der Waals surface area (Å²) < 4.78 is 27.0. The SMILES string of the molecule is CC(C)(C)OC(=O)N1CCC(c2cc(COc3ccc(-n4cnnn4)cc3F)ccn2)CC1. The lowest BCUT2D eigenvalue weighted by atomic mass is 9.92. The highest BCUT2D eigenvalue weighted by Crippen LogP contribution is 2.28. The molecule has 1 saturated heterocycles. The van der Waals surface area contributed by atoms with Crippen LogP contribution in [0.1, 0.15) is 50.8 Å². The number of benzene rings is 1. The number of halogens is 1. The number of pyridine rings is 1. The van der Waals surface area contributed by atoms with E-state index >= 15 is 0 Å². The van der Waals surface area contributed by atoms with Gasteiger partial charge in [-0.2, -0.15) is 0 Å². The van der Waals surface area contributed by atoms with Gasteiger partial charge in [0, 0.05) is 37.0 Å². The number of carbonyl (C=O) groups excluding carboxylic acids is 1. The molecule has 1 aromatic carbocycles. The molecule has 174 valence electrons. The Kier molecular flexibility index (Phi) is 6.52. The van der Waals surface area contributed by atoms with Crippen molar-refractivity contribution in [2.24, 2.45) is 0 Å². The number of nitrogens with zero attached hydrogens (tertiary/aromatic N) is 6. The van der Waals surface area contributed by atoms with E-state index in [1.807, 2.05) is 32.9 Å². The Morgan fingerprint density at radius 2 is 1.97 bits per heavy atom. The summed E-state index contributed by atoms with van der Waals surface area (Å²) in [6.45, 7) is 7.06. The van der Waals surface area contributed by atoms with Gasteiger partial charge in [-0.05, 0) is 73.9 Å². The van der Waals surface area contributed by atoms with Crippen LogP contribution in [-0.4, -0.2) is 54.9 Å². The first-order valence-corrected chi connectivity index (χ1v) is 10.9. The Labute approximate surface area is 191 Å². The summed E-state index contributed by atoms with van der Waals surface area (Å²) in [5, 5.41) is 10.8. The third-order valence-corrected chi connectivity index (χ3v) is 5.33. The molecule has 0 aliphatic carbocycles. The van der Waals surface area contributed by atoms with Crippen molar-refractivity contribution in [2.45, 2.75) is 51.7 Å². The van der Waals surface area contributed by atoms with E-state index in [0.29, 0.717) is 18.8 Å². The van der Waals surface area contributed by atoms with Gasteiger partial charge >= 0.3 is 6.09 Å². The number of carbonyl (C=O) groups is 1. The second-order valence-electron chi connectivity index (χ2n) is 8.99. The Balaban J connectivity index is 1.34. The average molecular weight is 455 g/mol. The normalized spacial score (nSPS) is 14.8. The fourth-order valence-electron chi connectivity index (χ4n) is 3.68. The molecular weight excluding hydrogens is 427 g/mol. The number of ether oxygens (including phenoxy) is 2. The lowest BCUT2D eigenvalue weighted by Crippen LogP contribution is -2.41. The summed E-state index contributed by atoms with van der Waals surface area (Å²) >= 11 is 0. The maximum absolute atomic E-state index is 14.5. The summed E-state index contributed by atoms with van der Waals surface area (Å²) in [6.07, 6.45) is 4.48. The number of likely N-dealkylation sites (tertiary alicyclic amines) is 1. The number of hydrogen-bond donors (Lipinski definition) is 0. The highest BCUT2D eigenvalue weighted by Gasteiger charge is 2.28. The van der Waals surface area contributed by atoms with Gasteiger partial charge in [0.2, 0.25) is 0 Å². The van der Waals surface area contributed by atoms with E-state index in [-0.39, 0.29) is 24.4 Å².